The summed E-state index contributed by atoms with van der Waals surface area (Å²) in [6, 6.07) is 0.588. The molecule has 0 amide bonds. The molecule has 1 N–H and O–H groups in total. The van der Waals surface area contributed by atoms with Gasteiger partial charge in [0.25, 0.3) is 0 Å². The maximum atomic E-state index is 5.82. The van der Waals surface area contributed by atoms with Crippen LogP contribution in [0.2, 0.25) is 0 Å². The quantitative estimate of drug-likeness (QED) is 0.842. The Morgan fingerprint density at radius 2 is 2.10 bits per heavy atom. The van der Waals surface area contributed by atoms with Crippen LogP contribution in [-0.4, -0.2) is 49.8 Å². The van der Waals surface area contributed by atoms with E-state index < -0.39 is 0 Å². The van der Waals surface area contributed by atoms with Crippen LogP contribution in [0.4, 0.5) is 0 Å². The molecule has 1 saturated heterocycles. The average molecular weight is 296 g/mol. The normalized spacial score (nSPS) is 35.9. The molecule has 3 unspecified atom stereocenters. The van der Waals surface area contributed by atoms with Crippen LogP contribution in [0.15, 0.2) is 0 Å². The second-order valence-corrected chi connectivity index (χ2v) is 8.01. The van der Waals surface area contributed by atoms with Crippen LogP contribution in [0.3, 0.4) is 0 Å². The van der Waals surface area contributed by atoms with Crippen LogP contribution in [0, 0.1) is 11.3 Å². The van der Waals surface area contributed by atoms with Crippen LogP contribution in [0.25, 0.3) is 0 Å². The molecule has 2 fully saturated rings. The fourth-order valence-electron chi connectivity index (χ4n) is 4.25. The van der Waals surface area contributed by atoms with Gasteiger partial charge in [0.2, 0.25) is 0 Å². The van der Waals surface area contributed by atoms with E-state index in [1.54, 1.807) is 0 Å². The van der Waals surface area contributed by atoms with Crippen molar-refractivity contribution in [2.24, 2.45) is 11.3 Å². The molecule has 1 saturated carbocycles. The number of rotatable bonds is 5. The van der Waals surface area contributed by atoms with Crippen LogP contribution in [0.5, 0.6) is 0 Å². The molecule has 3 atom stereocenters. The van der Waals surface area contributed by atoms with Gasteiger partial charge >= 0.3 is 0 Å². The van der Waals surface area contributed by atoms with Crippen molar-refractivity contribution in [3.05, 3.63) is 0 Å². The lowest BCUT2D eigenvalue weighted by Gasteiger charge is -2.44. The number of nitrogens with zero attached hydrogens (tertiary/aromatic N) is 1. The van der Waals surface area contributed by atoms with E-state index in [9.17, 15) is 0 Å². The zero-order valence-electron chi connectivity index (χ0n) is 14.7. The molecule has 2 rings (SSSR count). The fraction of sp³-hybridized carbons (Fsp3) is 1.00. The van der Waals surface area contributed by atoms with Gasteiger partial charge in [-0.3, -0.25) is 0 Å². The zero-order chi connectivity index (χ0) is 15.3. The molecule has 1 aliphatic carbocycles. The largest absolute Gasteiger partial charge is 0.377 e. The van der Waals surface area contributed by atoms with Gasteiger partial charge in [0, 0.05) is 38.8 Å². The third-order valence-electron chi connectivity index (χ3n) is 5.17. The predicted molar refractivity (Wildman–Crippen MR) is 89.7 cm³/mol. The van der Waals surface area contributed by atoms with Gasteiger partial charge in [0.05, 0.1) is 6.10 Å². The third-order valence-corrected chi connectivity index (χ3v) is 5.17. The summed E-state index contributed by atoms with van der Waals surface area (Å²) in [5, 5.41) is 3.74. The van der Waals surface area contributed by atoms with Crippen molar-refractivity contribution in [2.45, 2.75) is 71.9 Å². The lowest BCUT2D eigenvalue weighted by atomic mass is 9.69. The molecule has 1 heterocycles. The summed E-state index contributed by atoms with van der Waals surface area (Å²) in [5.74, 6) is 0.883. The van der Waals surface area contributed by atoms with Gasteiger partial charge in [0.1, 0.15) is 0 Å². The van der Waals surface area contributed by atoms with Crippen molar-refractivity contribution in [1.82, 2.24) is 10.2 Å². The standard InChI is InChI=1S/C18H36N2O/c1-15(2)19-13-18(8-5-7-16(3)11-18)14-20-9-6-10-21-17(4)12-20/h15-17,19H,5-14H2,1-4H3. The Kier molecular flexibility index (Phi) is 6.51. The Labute approximate surface area is 131 Å². The van der Waals surface area contributed by atoms with Gasteiger partial charge in [-0.05, 0) is 37.5 Å². The first-order chi connectivity index (χ1) is 9.99. The number of hydrogen-bond donors (Lipinski definition) is 1. The van der Waals surface area contributed by atoms with E-state index in [2.05, 4.69) is 37.9 Å². The molecule has 0 radical (unpaired) electrons. The molecule has 3 nitrogen and oxygen atoms in total. The average Bonchev–Trinajstić information content (AvgIpc) is 2.61. The van der Waals surface area contributed by atoms with Crippen LogP contribution < -0.4 is 5.32 Å². The summed E-state index contributed by atoms with van der Waals surface area (Å²) in [5.41, 5.74) is 0.478. The number of ether oxygens (including phenoxy) is 1. The predicted octanol–water partition coefficient (Wildman–Crippen LogP) is 3.29. The SMILES string of the molecule is CC1CCCC(CNC(C)C)(CN2CCCOC(C)C2)C1. The van der Waals surface area contributed by atoms with Crippen LogP contribution >= 0.6 is 0 Å². The Bertz CT molecular complexity index is 308. The second kappa shape index (κ2) is 7.94. The topological polar surface area (TPSA) is 24.5 Å². The van der Waals surface area contributed by atoms with Crippen molar-refractivity contribution in [1.29, 1.82) is 0 Å². The van der Waals surface area contributed by atoms with E-state index in [0.717, 1.165) is 19.1 Å². The highest BCUT2D eigenvalue weighted by molar-refractivity contribution is 4.91. The second-order valence-electron chi connectivity index (χ2n) is 8.01. The molecular weight excluding hydrogens is 260 g/mol. The van der Waals surface area contributed by atoms with Crippen molar-refractivity contribution in [2.75, 3.05) is 32.8 Å². The molecule has 2 aliphatic rings. The molecule has 0 bridgehead atoms. The molecule has 0 aromatic carbocycles. The molecular formula is C18H36N2O. The van der Waals surface area contributed by atoms with Gasteiger partial charge in [-0.1, -0.05) is 33.6 Å². The highest BCUT2D eigenvalue weighted by atomic mass is 16.5. The van der Waals surface area contributed by atoms with Gasteiger partial charge < -0.3 is 15.0 Å². The Morgan fingerprint density at radius 3 is 2.81 bits per heavy atom. The summed E-state index contributed by atoms with van der Waals surface area (Å²) >= 11 is 0. The van der Waals surface area contributed by atoms with E-state index in [1.807, 2.05) is 0 Å². The van der Waals surface area contributed by atoms with Crippen LogP contribution in [-0.2, 0) is 4.74 Å². The van der Waals surface area contributed by atoms with E-state index in [4.69, 9.17) is 4.74 Å². The summed E-state index contributed by atoms with van der Waals surface area (Å²) in [4.78, 5) is 2.68. The van der Waals surface area contributed by atoms with Crippen molar-refractivity contribution in [3.8, 4) is 0 Å². The Morgan fingerprint density at radius 1 is 1.29 bits per heavy atom. The van der Waals surface area contributed by atoms with Crippen molar-refractivity contribution in [3.63, 3.8) is 0 Å². The smallest absolute Gasteiger partial charge is 0.0673 e. The minimum atomic E-state index is 0.392. The highest BCUT2D eigenvalue weighted by Gasteiger charge is 2.36. The molecule has 3 heteroatoms. The first-order valence-corrected chi connectivity index (χ1v) is 9.06. The Hall–Kier alpha value is -0.120. The summed E-state index contributed by atoms with van der Waals surface area (Å²) in [6.45, 7) is 14.9. The maximum absolute atomic E-state index is 5.82. The maximum Gasteiger partial charge on any atom is 0.0673 e. The molecule has 1 aliphatic heterocycles. The van der Waals surface area contributed by atoms with E-state index in [0.29, 0.717) is 17.6 Å². The minimum Gasteiger partial charge on any atom is -0.377 e. The van der Waals surface area contributed by atoms with Crippen LogP contribution in [0.1, 0.15) is 59.8 Å². The summed E-state index contributed by atoms with van der Waals surface area (Å²) in [7, 11) is 0. The first-order valence-electron chi connectivity index (χ1n) is 9.06. The summed E-state index contributed by atoms with van der Waals surface area (Å²) < 4.78 is 5.82. The van der Waals surface area contributed by atoms with Gasteiger partial charge in [-0.2, -0.15) is 0 Å². The molecule has 0 aromatic rings. The van der Waals surface area contributed by atoms with Gasteiger partial charge in [0.15, 0.2) is 0 Å². The molecule has 0 spiro atoms. The minimum absolute atomic E-state index is 0.392. The van der Waals surface area contributed by atoms with E-state index >= 15 is 0 Å². The van der Waals surface area contributed by atoms with Gasteiger partial charge in [-0.25, -0.2) is 0 Å². The molecule has 21 heavy (non-hydrogen) atoms. The first kappa shape index (κ1) is 17.2. The van der Waals surface area contributed by atoms with Crippen molar-refractivity contribution >= 4 is 0 Å². The van der Waals surface area contributed by atoms with Gasteiger partial charge in [-0.15, -0.1) is 0 Å². The molecule has 124 valence electrons. The zero-order valence-corrected chi connectivity index (χ0v) is 14.7. The lowest BCUT2D eigenvalue weighted by molar-refractivity contribution is 0.0448. The fourth-order valence-corrected chi connectivity index (χ4v) is 4.25. The van der Waals surface area contributed by atoms with Crippen molar-refractivity contribution < 1.29 is 4.74 Å². The van der Waals surface area contributed by atoms with E-state index in [-0.39, 0.29) is 0 Å². The lowest BCUT2D eigenvalue weighted by Crippen LogP contribution is -2.49. The monoisotopic (exact) mass is 296 g/mol. The van der Waals surface area contributed by atoms with E-state index in [1.165, 1.54) is 51.7 Å². The summed E-state index contributed by atoms with van der Waals surface area (Å²) in [6.07, 6.45) is 7.18. The Balaban J connectivity index is 2.00. The number of nitrogens with one attached hydrogen (secondary N) is 1. The highest BCUT2D eigenvalue weighted by Crippen LogP contribution is 2.40. The number of hydrogen-bond acceptors (Lipinski definition) is 3. The molecule has 0 aromatic heterocycles. The third kappa shape index (κ3) is 5.54.